The SMILES string of the molecule is CCOC(=O)C(Cc1ccc(OCCOC2c3cc(Cc4ccccc4)ccc3C=Cc3ccc(Cc4ccccc4)cc32)cc1)OC. The number of hydrogen-bond donors (Lipinski definition) is 0. The van der Waals surface area contributed by atoms with Crippen molar-refractivity contribution in [1.29, 1.82) is 0 Å². The molecule has 0 saturated carbocycles. The summed E-state index contributed by atoms with van der Waals surface area (Å²) in [4.78, 5) is 12.1. The largest absolute Gasteiger partial charge is 0.491 e. The lowest BCUT2D eigenvalue weighted by Crippen LogP contribution is -2.27. The first-order chi connectivity index (χ1) is 23.6. The van der Waals surface area contributed by atoms with Gasteiger partial charge >= 0.3 is 5.97 Å². The maximum atomic E-state index is 12.1. The third-order valence-electron chi connectivity index (χ3n) is 8.63. The molecule has 0 bridgehead atoms. The summed E-state index contributed by atoms with van der Waals surface area (Å²) in [5.74, 6) is 0.389. The average Bonchev–Trinajstić information content (AvgIpc) is 3.26. The standard InChI is InChI=1S/C43H42O5/c1-3-46-43(44)41(45-2)30-33-16-22-38(23-17-33)47-24-25-48-42-39-28-34(26-31-10-6-4-7-11-31)14-18-36(39)20-21-37-19-15-35(29-40(37)42)27-32-12-8-5-9-13-32/h4-23,28-29,41-42H,3,24-27,30H2,1-2H3. The summed E-state index contributed by atoms with van der Waals surface area (Å²) in [7, 11) is 1.52. The molecule has 5 aromatic rings. The van der Waals surface area contributed by atoms with Gasteiger partial charge in [-0.05, 0) is 82.0 Å². The highest BCUT2D eigenvalue weighted by atomic mass is 16.6. The quantitative estimate of drug-likeness (QED) is 0.0900. The molecule has 0 aromatic heterocycles. The van der Waals surface area contributed by atoms with Crippen LogP contribution in [0.15, 0.2) is 121 Å². The van der Waals surface area contributed by atoms with E-state index in [0.29, 0.717) is 26.2 Å². The van der Waals surface area contributed by atoms with E-state index in [1.54, 1.807) is 6.92 Å². The molecular weight excluding hydrogens is 596 g/mol. The number of carbonyl (C=O) groups is 1. The van der Waals surface area contributed by atoms with Crippen LogP contribution in [-0.4, -0.2) is 39.0 Å². The molecule has 1 aliphatic carbocycles. The van der Waals surface area contributed by atoms with Crippen molar-refractivity contribution in [3.05, 3.63) is 171 Å². The van der Waals surface area contributed by atoms with Gasteiger partial charge in [-0.15, -0.1) is 0 Å². The monoisotopic (exact) mass is 638 g/mol. The van der Waals surface area contributed by atoms with Crippen molar-refractivity contribution in [2.45, 2.75) is 38.4 Å². The van der Waals surface area contributed by atoms with Crippen molar-refractivity contribution in [3.8, 4) is 5.75 Å². The number of fused-ring (bicyclic) bond motifs is 2. The van der Waals surface area contributed by atoms with Crippen molar-refractivity contribution >= 4 is 18.1 Å². The van der Waals surface area contributed by atoms with Crippen molar-refractivity contribution in [2.24, 2.45) is 0 Å². The van der Waals surface area contributed by atoms with Gasteiger partial charge in [0.15, 0.2) is 6.10 Å². The van der Waals surface area contributed by atoms with E-state index >= 15 is 0 Å². The molecule has 244 valence electrons. The Kier molecular flexibility index (Phi) is 11.1. The molecule has 0 N–H and O–H groups in total. The fourth-order valence-electron chi connectivity index (χ4n) is 6.18. The Hall–Kier alpha value is -4.97. The maximum Gasteiger partial charge on any atom is 0.335 e. The summed E-state index contributed by atoms with van der Waals surface area (Å²) < 4.78 is 23.3. The second-order valence-electron chi connectivity index (χ2n) is 12.0. The van der Waals surface area contributed by atoms with Crippen molar-refractivity contribution < 1.29 is 23.7 Å². The van der Waals surface area contributed by atoms with E-state index in [2.05, 4.69) is 109 Å². The Morgan fingerprint density at radius 3 is 1.71 bits per heavy atom. The molecule has 6 rings (SSSR count). The van der Waals surface area contributed by atoms with Crippen LogP contribution in [0.1, 0.15) is 63.1 Å². The highest BCUT2D eigenvalue weighted by molar-refractivity contribution is 5.77. The minimum atomic E-state index is -0.633. The molecule has 0 saturated heterocycles. The van der Waals surface area contributed by atoms with Crippen LogP contribution in [0.2, 0.25) is 0 Å². The molecule has 0 radical (unpaired) electrons. The molecular formula is C43H42O5. The average molecular weight is 639 g/mol. The van der Waals surface area contributed by atoms with E-state index < -0.39 is 6.10 Å². The predicted octanol–water partition coefficient (Wildman–Crippen LogP) is 8.66. The van der Waals surface area contributed by atoms with Gasteiger partial charge in [0.2, 0.25) is 0 Å². The fraction of sp³-hybridized carbons (Fsp3) is 0.233. The van der Waals surface area contributed by atoms with E-state index in [-0.39, 0.29) is 12.1 Å². The van der Waals surface area contributed by atoms with E-state index in [1.165, 1.54) is 29.4 Å². The summed E-state index contributed by atoms with van der Waals surface area (Å²) in [6.45, 7) is 2.92. The molecule has 0 heterocycles. The number of hydrogen-bond acceptors (Lipinski definition) is 5. The Labute approximate surface area is 283 Å². The van der Waals surface area contributed by atoms with Crippen LogP contribution in [0.5, 0.6) is 5.75 Å². The first-order valence-electron chi connectivity index (χ1n) is 16.6. The highest BCUT2D eigenvalue weighted by Crippen LogP contribution is 2.37. The third kappa shape index (κ3) is 8.48. The predicted molar refractivity (Wildman–Crippen MR) is 191 cm³/mol. The van der Waals surface area contributed by atoms with Gasteiger partial charge in [-0.2, -0.15) is 0 Å². The van der Waals surface area contributed by atoms with E-state index in [4.69, 9.17) is 18.9 Å². The van der Waals surface area contributed by atoms with Crippen LogP contribution >= 0.6 is 0 Å². The maximum absolute atomic E-state index is 12.1. The van der Waals surface area contributed by atoms with Crippen molar-refractivity contribution in [3.63, 3.8) is 0 Å². The number of carbonyl (C=O) groups excluding carboxylic acids is 1. The molecule has 0 aliphatic heterocycles. The Morgan fingerprint density at radius 1 is 0.646 bits per heavy atom. The number of benzene rings is 5. The molecule has 0 fully saturated rings. The molecule has 5 heteroatoms. The lowest BCUT2D eigenvalue weighted by Gasteiger charge is -2.23. The Balaban J connectivity index is 1.19. The second-order valence-corrected chi connectivity index (χ2v) is 12.0. The summed E-state index contributed by atoms with van der Waals surface area (Å²) in [6.07, 6.45) is 5.67. The summed E-state index contributed by atoms with van der Waals surface area (Å²) in [5.41, 5.74) is 10.7. The number of ether oxygens (including phenoxy) is 4. The molecule has 48 heavy (non-hydrogen) atoms. The molecule has 0 spiro atoms. The summed E-state index contributed by atoms with van der Waals surface area (Å²) >= 11 is 0. The van der Waals surface area contributed by atoms with Gasteiger partial charge in [0.25, 0.3) is 0 Å². The molecule has 5 nitrogen and oxygen atoms in total. The van der Waals surface area contributed by atoms with Crippen LogP contribution in [0.25, 0.3) is 12.2 Å². The normalized spacial score (nSPS) is 12.9. The van der Waals surface area contributed by atoms with Crippen LogP contribution in [0, 0.1) is 0 Å². The zero-order chi connectivity index (χ0) is 33.1. The smallest absolute Gasteiger partial charge is 0.335 e. The van der Waals surface area contributed by atoms with Gasteiger partial charge in [0.05, 0.1) is 13.2 Å². The van der Waals surface area contributed by atoms with Gasteiger partial charge in [-0.3, -0.25) is 0 Å². The zero-order valence-electron chi connectivity index (χ0n) is 27.6. The van der Waals surface area contributed by atoms with Crippen molar-refractivity contribution in [1.82, 2.24) is 0 Å². The van der Waals surface area contributed by atoms with Gasteiger partial charge in [0, 0.05) is 13.5 Å². The van der Waals surface area contributed by atoms with Gasteiger partial charge in [-0.1, -0.05) is 121 Å². The van der Waals surface area contributed by atoms with Crippen molar-refractivity contribution in [2.75, 3.05) is 26.9 Å². The number of rotatable bonds is 14. The Bertz CT molecular complexity index is 1720. The van der Waals surface area contributed by atoms with E-state index in [0.717, 1.165) is 46.4 Å². The molecule has 1 aliphatic rings. The molecule has 1 atom stereocenters. The lowest BCUT2D eigenvalue weighted by molar-refractivity contribution is -0.154. The van der Waals surface area contributed by atoms with Crippen LogP contribution in [0.3, 0.4) is 0 Å². The number of methoxy groups -OCH3 is 1. The van der Waals surface area contributed by atoms with Crippen LogP contribution in [-0.2, 0) is 38.3 Å². The van der Waals surface area contributed by atoms with Gasteiger partial charge < -0.3 is 18.9 Å². The summed E-state index contributed by atoms with van der Waals surface area (Å²) in [5, 5.41) is 0. The molecule has 5 aromatic carbocycles. The van der Waals surface area contributed by atoms with Crippen LogP contribution < -0.4 is 4.74 Å². The summed E-state index contributed by atoms with van der Waals surface area (Å²) in [6, 6.07) is 42.4. The first-order valence-corrected chi connectivity index (χ1v) is 16.6. The van der Waals surface area contributed by atoms with Gasteiger partial charge in [-0.25, -0.2) is 4.79 Å². The minimum Gasteiger partial charge on any atom is -0.491 e. The molecule has 1 unspecified atom stereocenters. The lowest BCUT2D eigenvalue weighted by atomic mass is 9.91. The third-order valence-corrected chi connectivity index (χ3v) is 8.63. The van der Waals surface area contributed by atoms with E-state index in [9.17, 15) is 4.79 Å². The van der Waals surface area contributed by atoms with Crippen LogP contribution in [0.4, 0.5) is 0 Å². The molecule has 0 amide bonds. The van der Waals surface area contributed by atoms with Gasteiger partial charge in [0.1, 0.15) is 18.5 Å². The topological polar surface area (TPSA) is 54.0 Å². The zero-order valence-corrected chi connectivity index (χ0v) is 27.6. The second kappa shape index (κ2) is 16.2. The Morgan fingerprint density at radius 2 is 1.19 bits per heavy atom. The fourth-order valence-corrected chi connectivity index (χ4v) is 6.18. The highest BCUT2D eigenvalue weighted by Gasteiger charge is 2.24. The minimum absolute atomic E-state index is 0.253. The first kappa shape index (κ1) is 33.0. The van der Waals surface area contributed by atoms with E-state index in [1.807, 2.05) is 24.3 Å². The number of esters is 1.